The highest BCUT2D eigenvalue weighted by Gasteiger charge is 2.33. The molecule has 0 radical (unpaired) electrons. The van der Waals surface area contributed by atoms with Crippen LogP contribution in [-0.2, 0) is 16.0 Å². The monoisotopic (exact) mass is 330 g/mol. The minimum Gasteiger partial charge on any atom is -0.367 e. The van der Waals surface area contributed by atoms with Crippen molar-refractivity contribution in [2.24, 2.45) is 0 Å². The fourth-order valence-corrected chi connectivity index (χ4v) is 4.39. The molecule has 1 amide bonds. The third kappa shape index (κ3) is 3.16. The Balaban J connectivity index is 1.85. The van der Waals surface area contributed by atoms with Crippen LogP contribution in [0.1, 0.15) is 46.1 Å². The number of aryl methyl sites for hydroxylation is 2. The molecule has 4 nitrogen and oxygen atoms in total. The summed E-state index contributed by atoms with van der Waals surface area (Å²) in [5.74, 6) is 0.00241. The number of benzene rings is 1. The molecule has 0 aliphatic heterocycles. The molecular formula is C18H22N2O2S. The summed E-state index contributed by atoms with van der Waals surface area (Å²) in [7, 11) is 3.47. The lowest BCUT2D eigenvalue weighted by atomic mass is 9.96. The minimum atomic E-state index is -0.555. The molecule has 1 aromatic carbocycles. The SMILES string of the molecule is CO[C@H](C(=O)N(C)[C@H]1CCCc2nc(C)sc21)c1ccccc1. The summed E-state index contributed by atoms with van der Waals surface area (Å²) in [6.45, 7) is 2.03. The number of aromatic nitrogens is 1. The standard InChI is InChI=1S/C18H22N2O2S/c1-12-19-14-10-7-11-15(17(14)23-12)20(2)18(21)16(22-3)13-8-5-4-6-9-13/h4-6,8-9,15-16H,7,10-11H2,1-3H3/t15-,16-/m0/s1. The molecule has 1 aromatic heterocycles. The highest BCUT2D eigenvalue weighted by molar-refractivity contribution is 7.11. The van der Waals surface area contributed by atoms with Gasteiger partial charge in [-0.25, -0.2) is 4.98 Å². The summed E-state index contributed by atoms with van der Waals surface area (Å²) in [5.41, 5.74) is 2.06. The normalized spacial score (nSPS) is 18.3. The first kappa shape index (κ1) is 16.1. The molecule has 0 fully saturated rings. The van der Waals surface area contributed by atoms with Gasteiger partial charge in [0.15, 0.2) is 6.10 Å². The van der Waals surface area contributed by atoms with Crippen molar-refractivity contribution in [3.8, 4) is 0 Å². The van der Waals surface area contributed by atoms with E-state index in [0.717, 1.165) is 35.5 Å². The molecule has 2 aromatic rings. The number of thiazole rings is 1. The van der Waals surface area contributed by atoms with Gasteiger partial charge in [0, 0.05) is 14.2 Å². The molecule has 0 N–H and O–H groups in total. The Hall–Kier alpha value is -1.72. The molecule has 1 aliphatic rings. The van der Waals surface area contributed by atoms with Crippen molar-refractivity contribution < 1.29 is 9.53 Å². The molecule has 0 saturated heterocycles. The number of nitrogens with zero attached hydrogens (tertiary/aromatic N) is 2. The fraction of sp³-hybridized carbons (Fsp3) is 0.444. The second-order valence-electron chi connectivity index (χ2n) is 5.93. The molecule has 1 aliphatic carbocycles. The number of carbonyl (C=O) groups excluding carboxylic acids is 1. The van der Waals surface area contributed by atoms with Gasteiger partial charge in [-0.2, -0.15) is 0 Å². The van der Waals surface area contributed by atoms with Gasteiger partial charge in [0.05, 0.1) is 21.6 Å². The lowest BCUT2D eigenvalue weighted by molar-refractivity contribution is -0.143. The second kappa shape index (κ2) is 6.81. The minimum absolute atomic E-state index is 0.00241. The Morgan fingerprint density at radius 2 is 2.13 bits per heavy atom. The van der Waals surface area contributed by atoms with Gasteiger partial charge in [-0.05, 0) is 31.7 Å². The number of hydrogen-bond donors (Lipinski definition) is 0. The average Bonchev–Trinajstić information content (AvgIpc) is 2.95. The van der Waals surface area contributed by atoms with Crippen LogP contribution in [0.25, 0.3) is 0 Å². The van der Waals surface area contributed by atoms with Crippen LogP contribution in [0.15, 0.2) is 30.3 Å². The lowest BCUT2D eigenvalue weighted by Gasteiger charge is -2.33. The van der Waals surface area contributed by atoms with Crippen molar-refractivity contribution in [2.45, 2.75) is 38.3 Å². The predicted octanol–water partition coefficient (Wildman–Crippen LogP) is 3.68. The first-order chi connectivity index (χ1) is 11.1. The van der Waals surface area contributed by atoms with Crippen molar-refractivity contribution in [1.29, 1.82) is 0 Å². The van der Waals surface area contributed by atoms with Gasteiger partial charge in [0.25, 0.3) is 5.91 Å². The van der Waals surface area contributed by atoms with Crippen LogP contribution in [-0.4, -0.2) is 29.9 Å². The maximum absolute atomic E-state index is 13.0. The maximum Gasteiger partial charge on any atom is 0.256 e. The quantitative estimate of drug-likeness (QED) is 0.859. The van der Waals surface area contributed by atoms with E-state index in [1.165, 1.54) is 4.88 Å². The van der Waals surface area contributed by atoms with E-state index in [0.29, 0.717) is 0 Å². The Bertz CT molecular complexity index is 684. The molecular weight excluding hydrogens is 308 g/mol. The zero-order valence-electron chi connectivity index (χ0n) is 13.8. The Morgan fingerprint density at radius 3 is 2.83 bits per heavy atom. The Kier molecular flexibility index (Phi) is 4.78. The number of rotatable bonds is 4. The zero-order valence-corrected chi connectivity index (χ0v) is 14.6. The van der Waals surface area contributed by atoms with Gasteiger partial charge in [0.2, 0.25) is 0 Å². The molecule has 2 atom stereocenters. The van der Waals surface area contributed by atoms with Crippen molar-refractivity contribution in [1.82, 2.24) is 9.88 Å². The number of amides is 1. The van der Waals surface area contributed by atoms with Gasteiger partial charge in [-0.3, -0.25) is 4.79 Å². The predicted molar refractivity (Wildman–Crippen MR) is 91.5 cm³/mol. The number of carbonyl (C=O) groups is 1. The molecule has 1 heterocycles. The van der Waals surface area contributed by atoms with Gasteiger partial charge < -0.3 is 9.64 Å². The van der Waals surface area contributed by atoms with Crippen LogP contribution >= 0.6 is 11.3 Å². The van der Waals surface area contributed by atoms with E-state index in [1.807, 2.05) is 49.2 Å². The lowest BCUT2D eigenvalue weighted by Crippen LogP contribution is -2.36. The third-order valence-corrected chi connectivity index (χ3v) is 5.52. The number of hydrogen-bond acceptors (Lipinski definition) is 4. The van der Waals surface area contributed by atoms with Gasteiger partial charge in [0.1, 0.15) is 0 Å². The van der Waals surface area contributed by atoms with Crippen LogP contribution in [0.5, 0.6) is 0 Å². The van der Waals surface area contributed by atoms with E-state index in [-0.39, 0.29) is 11.9 Å². The molecule has 122 valence electrons. The summed E-state index contributed by atoms with van der Waals surface area (Å²) >= 11 is 1.71. The number of methoxy groups -OCH3 is 1. The molecule has 3 rings (SSSR count). The van der Waals surface area contributed by atoms with E-state index in [9.17, 15) is 4.79 Å². The van der Waals surface area contributed by atoms with Crippen LogP contribution in [0.4, 0.5) is 0 Å². The largest absolute Gasteiger partial charge is 0.367 e. The summed E-state index contributed by atoms with van der Waals surface area (Å²) in [6.07, 6.45) is 2.52. The third-order valence-electron chi connectivity index (χ3n) is 4.41. The first-order valence-electron chi connectivity index (χ1n) is 7.92. The van der Waals surface area contributed by atoms with Crippen molar-refractivity contribution >= 4 is 17.2 Å². The van der Waals surface area contributed by atoms with Crippen LogP contribution in [0.2, 0.25) is 0 Å². The fourth-order valence-electron chi connectivity index (χ4n) is 3.23. The maximum atomic E-state index is 13.0. The Labute approximate surface area is 141 Å². The zero-order chi connectivity index (χ0) is 16.4. The van der Waals surface area contributed by atoms with Gasteiger partial charge >= 0.3 is 0 Å². The van der Waals surface area contributed by atoms with Gasteiger partial charge in [-0.15, -0.1) is 11.3 Å². The number of fused-ring (bicyclic) bond motifs is 1. The number of likely N-dealkylation sites (N-methyl/N-ethyl adjacent to an activating group) is 1. The number of ether oxygens (including phenoxy) is 1. The summed E-state index contributed by atoms with van der Waals surface area (Å²) in [4.78, 5) is 20.7. The van der Waals surface area contributed by atoms with Crippen LogP contribution in [0, 0.1) is 6.92 Å². The van der Waals surface area contributed by atoms with Crippen LogP contribution < -0.4 is 0 Å². The van der Waals surface area contributed by atoms with Crippen molar-refractivity contribution in [2.75, 3.05) is 14.2 Å². The molecule has 0 saturated carbocycles. The van der Waals surface area contributed by atoms with E-state index in [2.05, 4.69) is 4.98 Å². The molecule has 23 heavy (non-hydrogen) atoms. The highest BCUT2D eigenvalue weighted by atomic mass is 32.1. The van der Waals surface area contributed by atoms with E-state index < -0.39 is 6.10 Å². The second-order valence-corrected chi connectivity index (χ2v) is 7.16. The molecule has 5 heteroatoms. The van der Waals surface area contributed by atoms with E-state index >= 15 is 0 Å². The average molecular weight is 330 g/mol. The van der Waals surface area contributed by atoms with Crippen molar-refractivity contribution in [3.05, 3.63) is 51.5 Å². The summed E-state index contributed by atoms with van der Waals surface area (Å²) < 4.78 is 5.50. The topological polar surface area (TPSA) is 42.4 Å². The molecule has 0 bridgehead atoms. The highest BCUT2D eigenvalue weighted by Crippen LogP contribution is 2.38. The molecule has 0 unspecified atom stereocenters. The first-order valence-corrected chi connectivity index (χ1v) is 8.74. The van der Waals surface area contributed by atoms with E-state index in [4.69, 9.17) is 4.74 Å². The summed E-state index contributed by atoms with van der Waals surface area (Å²) in [5, 5.41) is 1.08. The van der Waals surface area contributed by atoms with Crippen LogP contribution in [0.3, 0.4) is 0 Å². The van der Waals surface area contributed by atoms with Crippen molar-refractivity contribution in [3.63, 3.8) is 0 Å². The van der Waals surface area contributed by atoms with Gasteiger partial charge in [-0.1, -0.05) is 30.3 Å². The summed E-state index contributed by atoms with van der Waals surface area (Å²) in [6, 6.07) is 9.78. The molecule has 0 spiro atoms. The Morgan fingerprint density at radius 1 is 1.39 bits per heavy atom. The van der Waals surface area contributed by atoms with E-state index in [1.54, 1.807) is 18.4 Å². The smallest absolute Gasteiger partial charge is 0.256 e.